The Bertz CT molecular complexity index is 694. The van der Waals surface area contributed by atoms with E-state index in [0.29, 0.717) is 16.9 Å². The number of nitrogen functional groups attached to an aromatic ring is 1. The lowest BCUT2D eigenvalue weighted by Gasteiger charge is -2.03. The number of nitrogens with two attached hydrogens (primary N) is 1. The van der Waals surface area contributed by atoms with Gasteiger partial charge >= 0.3 is 0 Å². The average Bonchev–Trinajstić information content (AvgIpc) is 2.49. The number of benzene rings is 2. The van der Waals surface area contributed by atoms with Crippen molar-refractivity contribution in [3.63, 3.8) is 0 Å². The molecule has 3 N–H and O–H groups in total. The predicted octanol–water partition coefficient (Wildman–Crippen LogP) is 2.99. The van der Waals surface area contributed by atoms with Crippen molar-refractivity contribution >= 4 is 22.8 Å². The number of allylic oxidation sites excluding steroid dienone is 1. The zero-order valence-electron chi connectivity index (χ0n) is 11.0. The van der Waals surface area contributed by atoms with Crippen molar-refractivity contribution in [2.75, 3.05) is 11.1 Å². The summed E-state index contributed by atoms with van der Waals surface area (Å²) in [7, 11) is 0. The highest BCUT2D eigenvalue weighted by molar-refractivity contribution is 6.04. The molecule has 0 radical (unpaired) electrons. The molecular formula is C15H13N3O3. The van der Waals surface area contributed by atoms with Crippen molar-refractivity contribution in [2.24, 2.45) is 0 Å². The Balaban J connectivity index is 2.02. The van der Waals surface area contributed by atoms with Crippen LogP contribution in [0.1, 0.15) is 10.4 Å². The van der Waals surface area contributed by atoms with Gasteiger partial charge in [0.25, 0.3) is 5.69 Å². The number of nitro benzene ring substituents is 1. The molecule has 0 aliphatic heterocycles. The van der Waals surface area contributed by atoms with Gasteiger partial charge in [0, 0.05) is 30.0 Å². The third-order valence-electron chi connectivity index (χ3n) is 2.80. The van der Waals surface area contributed by atoms with E-state index in [2.05, 4.69) is 5.32 Å². The van der Waals surface area contributed by atoms with Gasteiger partial charge in [-0.15, -0.1) is 0 Å². The second-order valence-electron chi connectivity index (χ2n) is 4.23. The van der Waals surface area contributed by atoms with Gasteiger partial charge < -0.3 is 11.1 Å². The normalized spacial score (nSPS) is 10.5. The number of rotatable bonds is 5. The van der Waals surface area contributed by atoms with E-state index in [0.717, 1.165) is 0 Å². The third kappa shape index (κ3) is 3.66. The number of hydrogen-bond donors (Lipinski definition) is 2. The lowest BCUT2D eigenvalue weighted by Crippen LogP contribution is -1.98. The van der Waals surface area contributed by atoms with Crippen LogP contribution in [0, 0.1) is 10.1 Å². The van der Waals surface area contributed by atoms with Gasteiger partial charge in [0.15, 0.2) is 5.78 Å². The minimum Gasteiger partial charge on any atom is -0.397 e. The van der Waals surface area contributed by atoms with Gasteiger partial charge in [-0.2, -0.15) is 0 Å². The quantitative estimate of drug-likeness (QED) is 0.289. The first kappa shape index (κ1) is 14.3. The fraction of sp³-hybridized carbons (Fsp3) is 0. The first-order valence-electron chi connectivity index (χ1n) is 6.14. The van der Waals surface area contributed by atoms with Gasteiger partial charge in [0.05, 0.1) is 16.3 Å². The van der Waals surface area contributed by atoms with E-state index in [4.69, 9.17) is 5.73 Å². The molecule has 2 rings (SSSR count). The summed E-state index contributed by atoms with van der Waals surface area (Å²) in [6.07, 6.45) is 2.82. The zero-order chi connectivity index (χ0) is 15.2. The van der Waals surface area contributed by atoms with Gasteiger partial charge in [-0.25, -0.2) is 0 Å². The second kappa shape index (κ2) is 6.33. The molecule has 0 atom stereocenters. The van der Waals surface area contributed by atoms with E-state index in [1.165, 1.54) is 36.5 Å². The number of non-ortho nitro benzene ring substituents is 1. The van der Waals surface area contributed by atoms with Crippen LogP contribution in [0.25, 0.3) is 0 Å². The number of nitrogens with zero attached hydrogens (tertiary/aromatic N) is 1. The van der Waals surface area contributed by atoms with Crippen LogP contribution in [0.5, 0.6) is 0 Å². The van der Waals surface area contributed by atoms with Gasteiger partial charge in [0.2, 0.25) is 0 Å². The zero-order valence-corrected chi connectivity index (χ0v) is 11.0. The van der Waals surface area contributed by atoms with Gasteiger partial charge in [-0.05, 0) is 24.3 Å². The molecule has 0 aliphatic carbocycles. The average molecular weight is 283 g/mol. The van der Waals surface area contributed by atoms with E-state index in [9.17, 15) is 14.9 Å². The monoisotopic (exact) mass is 283 g/mol. The molecule has 0 heterocycles. The van der Waals surface area contributed by atoms with Crippen LogP contribution in [0.3, 0.4) is 0 Å². The third-order valence-corrected chi connectivity index (χ3v) is 2.80. The van der Waals surface area contributed by atoms with E-state index in [-0.39, 0.29) is 11.5 Å². The highest BCUT2D eigenvalue weighted by Crippen LogP contribution is 2.16. The summed E-state index contributed by atoms with van der Waals surface area (Å²) in [6, 6.07) is 12.6. The van der Waals surface area contributed by atoms with Crippen LogP contribution in [-0.2, 0) is 0 Å². The number of para-hydroxylation sites is 2. The van der Waals surface area contributed by atoms with Crippen LogP contribution >= 0.6 is 0 Å². The Morgan fingerprint density at radius 1 is 1.14 bits per heavy atom. The molecule has 0 saturated heterocycles. The van der Waals surface area contributed by atoms with E-state index in [1.807, 2.05) is 12.1 Å². The summed E-state index contributed by atoms with van der Waals surface area (Å²) in [4.78, 5) is 21.9. The fourth-order valence-corrected chi connectivity index (χ4v) is 1.68. The maximum atomic E-state index is 11.9. The Kier molecular flexibility index (Phi) is 4.30. The molecule has 0 unspecified atom stereocenters. The molecule has 0 saturated carbocycles. The molecule has 21 heavy (non-hydrogen) atoms. The summed E-state index contributed by atoms with van der Waals surface area (Å²) < 4.78 is 0. The van der Waals surface area contributed by atoms with Crippen LogP contribution in [0.2, 0.25) is 0 Å². The van der Waals surface area contributed by atoms with Crippen LogP contribution in [-0.4, -0.2) is 10.7 Å². The molecule has 2 aromatic carbocycles. The molecule has 0 aromatic heterocycles. The summed E-state index contributed by atoms with van der Waals surface area (Å²) in [5.74, 6) is -0.257. The van der Waals surface area contributed by atoms with Crippen molar-refractivity contribution in [3.8, 4) is 0 Å². The molecule has 0 spiro atoms. The molecule has 0 bridgehead atoms. The maximum absolute atomic E-state index is 11.9. The Morgan fingerprint density at radius 2 is 1.81 bits per heavy atom. The summed E-state index contributed by atoms with van der Waals surface area (Å²) in [5, 5.41) is 13.4. The summed E-state index contributed by atoms with van der Waals surface area (Å²) in [5.41, 5.74) is 7.35. The SMILES string of the molecule is Nc1ccccc1N/C=C/C(=O)c1ccc([N+](=O)[O-])cc1. The first-order valence-corrected chi connectivity index (χ1v) is 6.14. The van der Waals surface area contributed by atoms with Crippen molar-refractivity contribution in [1.29, 1.82) is 0 Å². The van der Waals surface area contributed by atoms with Gasteiger partial charge in [-0.3, -0.25) is 14.9 Å². The molecule has 106 valence electrons. The molecular weight excluding hydrogens is 270 g/mol. The van der Waals surface area contributed by atoms with Crippen LogP contribution in [0.4, 0.5) is 17.1 Å². The minimum absolute atomic E-state index is 0.0503. The van der Waals surface area contributed by atoms with Gasteiger partial charge in [-0.1, -0.05) is 12.1 Å². The van der Waals surface area contributed by atoms with Crippen LogP contribution < -0.4 is 11.1 Å². The van der Waals surface area contributed by atoms with Crippen molar-refractivity contribution < 1.29 is 9.72 Å². The number of hydrogen-bond acceptors (Lipinski definition) is 5. The van der Waals surface area contributed by atoms with Crippen molar-refractivity contribution in [1.82, 2.24) is 0 Å². The largest absolute Gasteiger partial charge is 0.397 e. The Labute approximate surface area is 121 Å². The lowest BCUT2D eigenvalue weighted by atomic mass is 10.1. The van der Waals surface area contributed by atoms with Crippen molar-refractivity contribution in [2.45, 2.75) is 0 Å². The molecule has 0 fully saturated rings. The summed E-state index contributed by atoms with van der Waals surface area (Å²) in [6.45, 7) is 0. The van der Waals surface area contributed by atoms with Crippen LogP contribution in [0.15, 0.2) is 60.8 Å². The molecule has 0 aliphatic rings. The lowest BCUT2D eigenvalue weighted by molar-refractivity contribution is -0.384. The Morgan fingerprint density at radius 3 is 2.43 bits per heavy atom. The maximum Gasteiger partial charge on any atom is 0.269 e. The number of nitrogens with one attached hydrogen (secondary N) is 1. The number of nitro groups is 1. The smallest absolute Gasteiger partial charge is 0.269 e. The summed E-state index contributed by atoms with van der Waals surface area (Å²) >= 11 is 0. The molecule has 6 nitrogen and oxygen atoms in total. The Hall–Kier alpha value is -3.15. The molecule has 0 amide bonds. The number of carbonyl (C=O) groups excluding carboxylic acids is 1. The second-order valence-corrected chi connectivity index (χ2v) is 4.23. The first-order chi connectivity index (χ1) is 10.1. The number of carbonyl (C=O) groups is 1. The predicted molar refractivity (Wildman–Crippen MR) is 81.0 cm³/mol. The minimum atomic E-state index is -0.510. The van der Waals surface area contributed by atoms with Crippen molar-refractivity contribution in [3.05, 3.63) is 76.5 Å². The topological polar surface area (TPSA) is 98.3 Å². The van der Waals surface area contributed by atoms with E-state index in [1.54, 1.807) is 12.1 Å². The molecule has 6 heteroatoms. The highest BCUT2D eigenvalue weighted by Gasteiger charge is 2.07. The molecule has 2 aromatic rings. The number of ketones is 1. The fourth-order valence-electron chi connectivity index (χ4n) is 1.68. The number of anilines is 2. The van der Waals surface area contributed by atoms with Gasteiger partial charge in [0.1, 0.15) is 0 Å². The van der Waals surface area contributed by atoms with E-state index >= 15 is 0 Å². The van der Waals surface area contributed by atoms with E-state index < -0.39 is 4.92 Å². The highest BCUT2D eigenvalue weighted by atomic mass is 16.6. The standard InChI is InChI=1S/C15H13N3O3/c16-13-3-1-2-4-14(13)17-10-9-15(19)11-5-7-12(8-6-11)18(20)21/h1-10,17H,16H2/b10-9+.